The van der Waals surface area contributed by atoms with Crippen LogP contribution in [0, 0.1) is 5.41 Å². The standard InChI is InChI=1S/C19H29N3O4/c1-5-15-16(14(23)11-26-15)22-18(25)13(9-19(3,4)6-2)21-17(24)12-7-8-20-10-12/h7-8,10,13,15-16,20H,5-6,9,11H2,1-4H3,(H,21,24)(H,22,25)/t13-,15?,16?/m0/s1. The van der Waals surface area contributed by atoms with Gasteiger partial charge in [-0.05, 0) is 24.3 Å². The van der Waals surface area contributed by atoms with Crippen LogP contribution in [0.5, 0.6) is 0 Å². The van der Waals surface area contributed by atoms with Crippen LogP contribution in [0.3, 0.4) is 0 Å². The number of ketones is 1. The molecule has 7 heteroatoms. The Kier molecular flexibility index (Phi) is 6.58. The van der Waals surface area contributed by atoms with Crippen LogP contribution in [0.1, 0.15) is 57.3 Å². The molecule has 0 spiro atoms. The number of carbonyl (C=O) groups is 3. The van der Waals surface area contributed by atoms with E-state index in [1.807, 2.05) is 13.8 Å². The van der Waals surface area contributed by atoms with E-state index < -0.39 is 12.1 Å². The van der Waals surface area contributed by atoms with Crippen LogP contribution < -0.4 is 10.6 Å². The molecule has 7 nitrogen and oxygen atoms in total. The summed E-state index contributed by atoms with van der Waals surface area (Å²) in [7, 11) is 0. The molecule has 3 N–H and O–H groups in total. The van der Waals surface area contributed by atoms with Crippen molar-refractivity contribution in [3.8, 4) is 0 Å². The molecule has 1 aliphatic heterocycles. The predicted octanol–water partition coefficient (Wildman–Crippen LogP) is 1.80. The minimum atomic E-state index is -0.724. The molecule has 2 amide bonds. The number of hydrogen-bond donors (Lipinski definition) is 3. The van der Waals surface area contributed by atoms with Gasteiger partial charge < -0.3 is 20.4 Å². The maximum Gasteiger partial charge on any atom is 0.253 e. The largest absolute Gasteiger partial charge is 0.368 e. The van der Waals surface area contributed by atoms with E-state index in [4.69, 9.17) is 4.74 Å². The summed E-state index contributed by atoms with van der Waals surface area (Å²) in [4.78, 5) is 40.1. The number of aromatic nitrogens is 1. The quantitative estimate of drug-likeness (QED) is 0.656. The predicted molar refractivity (Wildman–Crippen MR) is 97.7 cm³/mol. The van der Waals surface area contributed by atoms with Gasteiger partial charge in [-0.25, -0.2) is 0 Å². The molecule has 0 radical (unpaired) electrons. The first-order chi connectivity index (χ1) is 12.3. The van der Waals surface area contributed by atoms with E-state index >= 15 is 0 Å². The molecule has 2 unspecified atom stereocenters. The fourth-order valence-corrected chi connectivity index (χ4v) is 2.98. The Labute approximate surface area is 154 Å². The summed E-state index contributed by atoms with van der Waals surface area (Å²) in [6.45, 7) is 8.07. The lowest BCUT2D eigenvalue weighted by molar-refractivity contribution is -0.128. The summed E-state index contributed by atoms with van der Waals surface area (Å²) in [5, 5.41) is 5.60. The lowest BCUT2D eigenvalue weighted by atomic mass is 9.83. The van der Waals surface area contributed by atoms with E-state index in [9.17, 15) is 14.4 Å². The molecule has 144 valence electrons. The van der Waals surface area contributed by atoms with Crippen LogP contribution in [-0.2, 0) is 14.3 Å². The monoisotopic (exact) mass is 363 g/mol. The number of nitrogens with one attached hydrogen (secondary N) is 3. The van der Waals surface area contributed by atoms with E-state index in [2.05, 4.69) is 29.5 Å². The van der Waals surface area contributed by atoms with Gasteiger partial charge in [0.1, 0.15) is 18.7 Å². The van der Waals surface area contributed by atoms with Gasteiger partial charge in [-0.2, -0.15) is 0 Å². The van der Waals surface area contributed by atoms with E-state index in [1.165, 1.54) is 0 Å². The van der Waals surface area contributed by atoms with Crippen molar-refractivity contribution in [2.45, 2.75) is 65.1 Å². The highest BCUT2D eigenvalue weighted by Crippen LogP contribution is 2.26. The topological polar surface area (TPSA) is 100 Å². The van der Waals surface area contributed by atoms with Gasteiger partial charge in [0, 0.05) is 12.4 Å². The number of amides is 2. The Bertz CT molecular complexity index is 639. The van der Waals surface area contributed by atoms with Crippen LogP contribution in [0.2, 0.25) is 0 Å². The van der Waals surface area contributed by atoms with Gasteiger partial charge in [0.05, 0.1) is 11.7 Å². The molecule has 3 atom stereocenters. The summed E-state index contributed by atoms with van der Waals surface area (Å²) < 4.78 is 5.41. The number of Topliss-reactive ketones (excluding diaryl/α,β-unsaturated/α-hetero) is 1. The number of aromatic amines is 1. The van der Waals surface area contributed by atoms with Crippen molar-refractivity contribution in [1.29, 1.82) is 0 Å². The van der Waals surface area contributed by atoms with Gasteiger partial charge in [0.2, 0.25) is 5.91 Å². The van der Waals surface area contributed by atoms with Crippen LogP contribution in [-0.4, -0.2) is 47.4 Å². The fraction of sp³-hybridized carbons (Fsp3) is 0.632. The molecule has 0 aromatic carbocycles. The molecule has 1 saturated heterocycles. The third-order valence-electron chi connectivity index (χ3n) is 5.05. The minimum absolute atomic E-state index is 0.0181. The zero-order valence-corrected chi connectivity index (χ0v) is 15.9. The maximum absolute atomic E-state index is 12.9. The smallest absolute Gasteiger partial charge is 0.253 e. The van der Waals surface area contributed by atoms with Crippen molar-refractivity contribution in [2.24, 2.45) is 5.41 Å². The Morgan fingerprint density at radius 1 is 1.38 bits per heavy atom. The summed E-state index contributed by atoms with van der Waals surface area (Å²) in [6.07, 6.45) is 4.89. The summed E-state index contributed by atoms with van der Waals surface area (Å²) in [5.74, 6) is -0.798. The first-order valence-electron chi connectivity index (χ1n) is 9.15. The molecule has 26 heavy (non-hydrogen) atoms. The summed E-state index contributed by atoms with van der Waals surface area (Å²) in [5.41, 5.74) is 0.331. The third kappa shape index (κ3) is 4.94. The Hall–Kier alpha value is -2.15. The molecule has 1 aromatic rings. The van der Waals surface area contributed by atoms with Gasteiger partial charge in [-0.3, -0.25) is 14.4 Å². The molecule has 0 saturated carbocycles. The highest BCUT2D eigenvalue weighted by molar-refractivity contribution is 5.98. The van der Waals surface area contributed by atoms with Gasteiger partial charge in [0.15, 0.2) is 5.78 Å². The second-order valence-corrected chi connectivity index (χ2v) is 7.56. The fourth-order valence-electron chi connectivity index (χ4n) is 2.98. The number of carbonyl (C=O) groups excluding carboxylic acids is 3. The van der Waals surface area contributed by atoms with Crippen molar-refractivity contribution < 1.29 is 19.1 Å². The van der Waals surface area contributed by atoms with E-state index in [0.717, 1.165) is 6.42 Å². The second-order valence-electron chi connectivity index (χ2n) is 7.56. The molecule has 2 rings (SSSR count). The third-order valence-corrected chi connectivity index (χ3v) is 5.05. The number of rotatable bonds is 8. The number of H-pyrrole nitrogens is 1. The summed E-state index contributed by atoms with van der Waals surface area (Å²) in [6, 6.07) is 0.277. The molecular formula is C19H29N3O4. The first-order valence-corrected chi connectivity index (χ1v) is 9.15. The van der Waals surface area contributed by atoms with Gasteiger partial charge in [0.25, 0.3) is 5.91 Å². The van der Waals surface area contributed by atoms with Crippen molar-refractivity contribution in [3.63, 3.8) is 0 Å². The highest BCUT2D eigenvalue weighted by atomic mass is 16.5. The lowest BCUT2D eigenvalue weighted by Crippen LogP contribution is -2.54. The van der Waals surface area contributed by atoms with Crippen molar-refractivity contribution in [3.05, 3.63) is 24.0 Å². The summed E-state index contributed by atoms with van der Waals surface area (Å²) >= 11 is 0. The van der Waals surface area contributed by atoms with E-state index in [1.54, 1.807) is 18.5 Å². The van der Waals surface area contributed by atoms with Crippen LogP contribution in [0.4, 0.5) is 0 Å². The highest BCUT2D eigenvalue weighted by Gasteiger charge is 2.38. The average Bonchev–Trinajstić information content (AvgIpc) is 3.25. The number of ether oxygens (including phenoxy) is 1. The molecule has 0 bridgehead atoms. The van der Waals surface area contributed by atoms with Gasteiger partial charge in [-0.15, -0.1) is 0 Å². The molecule has 0 aliphatic carbocycles. The molecular weight excluding hydrogens is 334 g/mol. The van der Waals surface area contributed by atoms with Crippen LogP contribution in [0.25, 0.3) is 0 Å². The second kappa shape index (κ2) is 8.49. The zero-order valence-electron chi connectivity index (χ0n) is 15.9. The lowest BCUT2D eigenvalue weighted by Gasteiger charge is -2.29. The van der Waals surface area contributed by atoms with Crippen LogP contribution >= 0.6 is 0 Å². The first kappa shape index (κ1) is 20.2. The van der Waals surface area contributed by atoms with Crippen molar-refractivity contribution in [2.75, 3.05) is 6.61 Å². The molecule has 1 aromatic heterocycles. The van der Waals surface area contributed by atoms with E-state index in [0.29, 0.717) is 18.4 Å². The Morgan fingerprint density at radius 2 is 2.12 bits per heavy atom. The Morgan fingerprint density at radius 3 is 2.69 bits per heavy atom. The zero-order chi connectivity index (χ0) is 19.3. The van der Waals surface area contributed by atoms with Gasteiger partial charge in [-0.1, -0.05) is 34.1 Å². The van der Waals surface area contributed by atoms with Crippen LogP contribution in [0.15, 0.2) is 18.5 Å². The number of hydrogen-bond acceptors (Lipinski definition) is 4. The van der Waals surface area contributed by atoms with E-state index in [-0.39, 0.29) is 35.7 Å². The molecule has 2 heterocycles. The SMILES string of the molecule is CCC1OCC(=O)C1NC(=O)[C@H](CC(C)(C)CC)NC(=O)c1cc[nH]c1. The molecule has 1 fully saturated rings. The van der Waals surface area contributed by atoms with Crippen molar-refractivity contribution >= 4 is 17.6 Å². The minimum Gasteiger partial charge on any atom is -0.368 e. The van der Waals surface area contributed by atoms with Gasteiger partial charge >= 0.3 is 0 Å². The molecule has 1 aliphatic rings. The normalized spacial score (nSPS) is 21.5. The van der Waals surface area contributed by atoms with Crippen molar-refractivity contribution in [1.82, 2.24) is 15.6 Å². The average molecular weight is 363 g/mol. The Balaban J connectivity index is 2.12. The maximum atomic E-state index is 12.9.